The molecule has 5 nitrogen and oxygen atoms in total. The SMILES string of the molecule is Cc1ccc(N(C)C(=O)[C@H]2CNC[C@@H]2c2cnn(C)c2)cc1C.Cl. The molecular weight excluding hydrogens is 324 g/mol. The van der Waals surface area contributed by atoms with Crippen LogP contribution in [0.25, 0.3) is 0 Å². The molecule has 3 rings (SSSR count). The Morgan fingerprint density at radius 3 is 2.67 bits per heavy atom. The Morgan fingerprint density at radius 2 is 2.04 bits per heavy atom. The first-order chi connectivity index (χ1) is 11.0. The summed E-state index contributed by atoms with van der Waals surface area (Å²) in [5, 5.41) is 7.60. The van der Waals surface area contributed by atoms with E-state index in [1.807, 2.05) is 32.6 Å². The average Bonchev–Trinajstić information content (AvgIpc) is 3.17. The van der Waals surface area contributed by atoms with Crippen LogP contribution in [0.15, 0.2) is 30.6 Å². The van der Waals surface area contributed by atoms with Gasteiger partial charge >= 0.3 is 0 Å². The number of benzene rings is 1. The zero-order valence-electron chi connectivity index (χ0n) is 14.6. The third kappa shape index (κ3) is 3.47. The highest BCUT2D eigenvalue weighted by Crippen LogP contribution is 2.30. The van der Waals surface area contributed by atoms with E-state index in [9.17, 15) is 4.79 Å². The summed E-state index contributed by atoms with van der Waals surface area (Å²) >= 11 is 0. The number of nitrogens with zero attached hydrogens (tertiary/aromatic N) is 3. The number of aromatic nitrogens is 2. The van der Waals surface area contributed by atoms with Crippen molar-refractivity contribution < 1.29 is 4.79 Å². The standard InChI is InChI=1S/C18H24N4O.ClH/c1-12-5-6-15(7-13(12)2)22(4)18(23)17-10-19-9-16(17)14-8-20-21(3)11-14;/h5-8,11,16-17,19H,9-10H2,1-4H3;1H/t16-,17+;/m1./s1. The van der Waals surface area contributed by atoms with Crippen LogP contribution in [0, 0.1) is 19.8 Å². The Balaban J connectivity index is 0.00000208. The molecule has 0 unspecified atom stereocenters. The first kappa shape index (κ1) is 18.5. The molecule has 1 aliphatic heterocycles. The van der Waals surface area contributed by atoms with Crippen LogP contribution in [0.3, 0.4) is 0 Å². The fourth-order valence-corrected chi connectivity index (χ4v) is 3.23. The molecule has 1 N–H and O–H groups in total. The number of hydrogen-bond donors (Lipinski definition) is 1. The van der Waals surface area contributed by atoms with E-state index in [2.05, 4.69) is 36.4 Å². The van der Waals surface area contributed by atoms with Gasteiger partial charge in [0.05, 0.1) is 12.1 Å². The van der Waals surface area contributed by atoms with Gasteiger partial charge in [-0.1, -0.05) is 6.07 Å². The Labute approximate surface area is 149 Å². The summed E-state index contributed by atoms with van der Waals surface area (Å²) in [6.45, 7) is 5.70. The number of rotatable bonds is 3. The summed E-state index contributed by atoms with van der Waals surface area (Å²) in [6, 6.07) is 6.16. The van der Waals surface area contributed by atoms with Crippen molar-refractivity contribution in [3.05, 3.63) is 47.3 Å². The van der Waals surface area contributed by atoms with Crippen molar-refractivity contribution in [3.8, 4) is 0 Å². The number of carbonyl (C=O) groups is 1. The number of carbonyl (C=O) groups excluding carboxylic acids is 1. The van der Waals surface area contributed by atoms with Crippen molar-refractivity contribution in [2.45, 2.75) is 19.8 Å². The van der Waals surface area contributed by atoms with Gasteiger partial charge in [-0.25, -0.2) is 0 Å². The fraction of sp³-hybridized carbons (Fsp3) is 0.444. The molecule has 2 atom stereocenters. The minimum atomic E-state index is -0.0502. The molecule has 24 heavy (non-hydrogen) atoms. The quantitative estimate of drug-likeness (QED) is 0.926. The summed E-state index contributed by atoms with van der Waals surface area (Å²) in [7, 11) is 3.77. The van der Waals surface area contributed by atoms with Crippen LogP contribution in [-0.2, 0) is 11.8 Å². The molecule has 0 saturated carbocycles. The Kier molecular flexibility index (Phi) is 5.67. The highest BCUT2D eigenvalue weighted by molar-refractivity contribution is 5.95. The second-order valence-corrected chi connectivity index (χ2v) is 6.48. The predicted octanol–water partition coefficient (Wildman–Crippen LogP) is 2.42. The summed E-state index contributed by atoms with van der Waals surface area (Å²) in [5.74, 6) is 0.295. The van der Waals surface area contributed by atoms with Crippen LogP contribution in [0.5, 0.6) is 0 Å². The van der Waals surface area contributed by atoms with Crippen molar-refractivity contribution >= 4 is 24.0 Å². The maximum Gasteiger partial charge on any atom is 0.231 e. The molecule has 0 bridgehead atoms. The molecule has 1 saturated heterocycles. The third-order valence-electron chi connectivity index (χ3n) is 4.89. The number of hydrogen-bond acceptors (Lipinski definition) is 3. The summed E-state index contributed by atoms with van der Waals surface area (Å²) in [5.41, 5.74) is 4.53. The van der Waals surface area contributed by atoms with Gasteiger partial charge in [0.2, 0.25) is 5.91 Å². The largest absolute Gasteiger partial charge is 0.315 e. The molecule has 1 amide bonds. The Morgan fingerprint density at radius 1 is 1.29 bits per heavy atom. The minimum Gasteiger partial charge on any atom is -0.315 e. The van der Waals surface area contributed by atoms with Crippen molar-refractivity contribution in [1.29, 1.82) is 0 Å². The lowest BCUT2D eigenvalue weighted by Crippen LogP contribution is -2.36. The average molecular weight is 349 g/mol. The highest BCUT2D eigenvalue weighted by Gasteiger charge is 2.36. The lowest BCUT2D eigenvalue weighted by Gasteiger charge is -2.24. The summed E-state index contributed by atoms with van der Waals surface area (Å²) in [4.78, 5) is 14.8. The number of anilines is 1. The van der Waals surface area contributed by atoms with Crippen molar-refractivity contribution in [3.63, 3.8) is 0 Å². The van der Waals surface area contributed by atoms with Gasteiger partial charge in [-0.2, -0.15) is 5.10 Å². The fourth-order valence-electron chi connectivity index (χ4n) is 3.23. The smallest absolute Gasteiger partial charge is 0.231 e. The molecule has 0 spiro atoms. The first-order valence-corrected chi connectivity index (χ1v) is 8.01. The van der Waals surface area contributed by atoms with Gasteiger partial charge < -0.3 is 10.2 Å². The Hall–Kier alpha value is -1.85. The Bertz CT molecular complexity index is 728. The topological polar surface area (TPSA) is 50.2 Å². The normalized spacial score (nSPS) is 19.8. The zero-order chi connectivity index (χ0) is 16.6. The van der Waals surface area contributed by atoms with E-state index in [0.29, 0.717) is 6.54 Å². The lowest BCUT2D eigenvalue weighted by molar-refractivity contribution is -0.121. The van der Waals surface area contributed by atoms with Crippen molar-refractivity contribution in [2.75, 3.05) is 25.0 Å². The second-order valence-electron chi connectivity index (χ2n) is 6.48. The van der Waals surface area contributed by atoms with Crippen LogP contribution < -0.4 is 10.2 Å². The van der Waals surface area contributed by atoms with E-state index in [-0.39, 0.29) is 30.2 Å². The maximum atomic E-state index is 13.0. The van der Waals surface area contributed by atoms with Gasteiger partial charge in [0.1, 0.15) is 0 Å². The van der Waals surface area contributed by atoms with Crippen LogP contribution in [0.2, 0.25) is 0 Å². The molecule has 1 aliphatic rings. The van der Waals surface area contributed by atoms with Gasteiger partial charge in [-0.3, -0.25) is 9.48 Å². The first-order valence-electron chi connectivity index (χ1n) is 8.01. The third-order valence-corrected chi connectivity index (χ3v) is 4.89. The van der Waals surface area contributed by atoms with Crippen LogP contribution >= 0.6 is 12.4 Å². The number of halogens is 1. The zero-order valence-corrected chi connectivity index (χ0v) is 15.4. The monoisotopic (exact) mass is 348 g/mol. The van der Waals surface area contributed by atoms with Gasteiger partial charge in [0.15, 0.2) is 0 Å². The second kappa shape index (κ2) is 7.36. The summed E-state index contributed by atoms with van der Waals surface area (Å²) < 4.78 is 1.79. The predicted molar refractivity (Wildman–Crippen MR) is 98.9 cm³/mol. The van der Waals surface area contributed by atoms with Crippen LogP contribution in [-0.4, -0.2) is 35.8 Å². The van der Waals surface area contributed by atoms with Crippen molar-refractivity contribution in [1.82, 2.24) is 15.1 Å². The molecule has 2 aromatic rings. The van der Waals surface area contributed by atoms with Gasteiger partial charge in [0, 0.05) is 45.0 Å². The van der Waals surface area contributed by atoms with Crippen LogP contribution in [0.4, 0.5) is 5.69 Å². The highest BCUT2D eigenvalue weighted by atomic mass is 35.5. The maximum absolute atomic E-state index is 13.0. The van der Waals surface area contributed by atoms with E-state index in [1.54, 1.807) is 9.58 Å². The van der Waals surface area contributed by atoms with E-state index in [4.69, 9.17) is 0 Å². The molecule has 0 aliphatic carbocycles. The van der Waals surface area contributed by atoms with E-state index < -0.39 is 0 Å². The molecule has 2 heterocycles. The molecule has 1 aromatic carbocycles. The minimum absolute atomic E-state index is 0. The molecule has 1 fully saturated rings. The van der Waals surface area contributed by atoms with Gasteiger partial charge in [-0.05, 0) is 42.7 Å². The number of amides is 1. The molecule has 0 radical (unpaired) electrons. The van der Waals surface area contributed by atoms with Gasteiger partial charge in [0.25, 0.3) is 0 Å². The number of nitrogens with one attached hydrogen (secondary N) is 1. The number of aryl methyl sites for hydroxylation is 3. The molecule has 6 heteroatoms. The van der Waals surface area contributed by atoms with E-state index >= 15 is 0 Å². The molecule has 130 valence electrons. The van der Waals surface area contributed by atoms with E-state index in [0.717, 1.165) is 17.8 Å². The van der Waals surface area contributed by atoms with E-state index in [1.165, 1.54) is 11.1 Å². The lowest BCUT2D eigenvalue weighted by atomic mass is 9.89. The summed E-state index contributed by atoms with van der Waals surface area (Å²) in [6.07, 6.45) is 3.88. The van der Waals surface area contributed by atoms with Gasteiger partial charge in [-0.15, -0.1) is 12.4 Å². The van der Waals surface area contributed by atoms with Crippen molar-refractivity contribution in [2.24, 2.45) is 13.0 Å². The molecule has 1 aromatic heterocycles. The van der Waals surface area contributed by atoms with Crippen LogP contribution in [0.1, 0.15) is 22.6 Å². The molecular formula is C18H25ClN4O.